The Morgan fingerprint density at radius 1 is 0.759 bits per heavy atom. The largest absolute Gasteiger partial charge is 0.481 e. The van der Waals surface area contributed by atoms with Crippen molar-refractivity contribution in [3.05, 3.63) is 54.6 Å². The fourth-order valence-electron chi connectivity index (χ4n) is 4.97. The molecule has 0 amide bonds. The van der Waals surface area contributed by atoms with Crippen LogP contribution in [0, 0.1) is 0 Å². The highest BCUT2D eigenvalue weighted by atomic mass is 31.1. The molecule has 2 aliphatic carbocycles. The minimum atomic E-state index is -0.833. The maximum Gasteiger partial charge on any atom is 0.300 e. The molecule has 2 fully saturated rings. The molecule has 156 valence electrons. The first-order valence-corrected chi connectivity index (χ1v) is 12.8. The monoisotopic (exact) mass is 410 g/mol. The molecular formula is C26H35O2P. The van der Waals surface area contributed by atoms with Crippen LogP contribution < -0.4 is 5.30 Å². The van der Waals surface area contributed by atoms with Gasteiger partial charge in [-0.05, 0) is 53.4 Å². The molecule has 1 N–H and O–H groups in total. The molecule has 0 heterocycles. The predicted octanol–water partition coefficient (Wildman–Crippen LogP) is 7.22. The topological polar surface area (TPSA) is 37.3 Å². The van der Waals surface area contributed by atoms with E-state index in [0.29, 0.717) is 0 Å². The van der Waals surface area contributed by atoms with Gasteiger partial charge in [0.05, 0.1) is 0 Å². The average Bonchev–Trinajstić information content (AvgIpc) is 2.76. The summed E-state index contributed by atoms with van der Waals surface area (Å²) >= 11 is 0. The van der Waals surface area contributed by atoms with Crippen molar-refractivity contribution in [3.8, 4) is 11.1 Å². The highest BCUT2D eigenvalue weighted by Gasteiger charge is 2.33. The van der Waals surface area contributed by atoms with Gasteiger partial charge in [-0.15, -0.1) is 0 Å². The minimum Gasteiger partial charge on any atom is -0.481 e. The van der Waals surface area contributed by atoms with Crippen LogP contribution in [0.5, 0.6) is 0 Å². The molecule has 2 nitrogen and oxygen atoms in total. The average molecular weight is 411 g/mol. The standard InChI is InChI=1S/C24H31P.C2H4O2/c1-4-12-20(13-5-1)23-18-10-11-19-24(23)25(21-14-6-2-7-15-21)22-16-8-3-9-17-22;1-2(3)4/h1,4-5,10-13,18-19,21-22H,2-3,6-9,14-17H2;1H3,(H,3,4). The zero-order chi connectivity index (χ0) is 20.5. The summed E-state index contributed by atoms with van der Waals surface area (Å²) in [6.07, 6.45) is 14.7. The number of carboxylic acid groups (broad SMARTS) is 1. The van der Waals surface area contributed by atoms with Crippen LogP contribution in [0.3, 0.4) is 0 Å². The summed E-state index contributed by atoms with van der Waals surface area (Å²) < 4.78 is 0. The summed E-state index contributed by atoms with van der Waals surface area (Å²) in [5.41, 5.74) is 4.87. The lowest BCUT2D eigenvalue weighted by Gasteiger charge is -2.39. The second-order valence-electron chi connectivity index (χ2n) is 8.39. The highest BCUT2D eigenvalue weighted by molar-refractivity contribution is 7.67. The molecule has 0 radical (unpaired) electrons. The van der Waals surface area contributed by atoms with Crippen LogP contribution in [0.15, 0.2) is 54.6 Å². The number of hydrogen-bond donors (Lipinski definition) is 1. The van der Waals surface area contributed by atoms with Crippen molar-refractivity contribution in [2.75, 3.05) is 0 Å². The Labute approximate surface area is 177 Å². The van der Waals surface area contributed by atoms with Crippen molar-refractivity contribution in [3.63, 3.8) is 0 Å². The molecule has 0 aromatic heterocycles. The zero-order valence-electron chi connectivity index (χ0n) is 17.7. The molecule has 3 heteroatoms. The molecule has 0 spiro atoms. The van der Waals surface area contributed by atoms with E-state index in [0.717, 1.165) is 18.2 Å². The molecule has 0 aliphatic heterocycles. The lowest BCUT2D eigenvalue weighted by Crippen LogP contribution is -2.27. The Balaban J connectivity index is 0.000000552. The van der Waals surface area contributed by atoms with Crippen LogP contribution >= 0.6 is 7.92 Å². The number of carbonyl (C=O) groups is 1. The lowest BCUT2D eigenvalue weighted by atomic mass is 9.99. The van der Waals surface area contributed by atoms with E-state index in [1.807, 2.05) is 0 Å². The first-order valence-electron chi connectivity index (χ1n) is 11.3. The van der Waals surface area contributed by atoms with Crippen molar-refractivity contribution in [1.29, 1.82) is 0 Å². The second-order valence-corrected chi connectivity index (χ2v) is 11.2. The summed E-state index contributed by atoms with van der Waals surface area (Å²) in [6.45, 7) is 1.08. The van der Waals surface area contributed by atoms with E-state index >= 15 is 0 Å². The minimum absolute atomic E-state index is 0.0365. The van der Waals surface area contributed by atoms with E-state index in [1.165, 1.54) is 75.3 Å². The Bertz CT molecular complexity index is 724. The Morgan fingerprint density at radius 3 is 1.72 bits per heavy atom. The van der Waals surface area contributed by atoms with E-state index in [4.69, 9.17) is 9.90 Å². The van der Waals surface area contributed by atoms with Gasteiger partial charge in [-0.3, -0.25) is 4.79 Å². The van der Waals surface area contributed by atoms with E-state index in [-0.39, 0.29) is 7.92 Å². The first-order chi connectivity index (χ1) is 14.2. The summed E-state index contributed by atoms with van der Waals surface area (Å²) in [7, 11) is -0.0365. The van der Waals surface area contributed by atoms with E-state index in [1.54, 1.807) is 5.30 Å². The van der Waals surface area contributed by atoms with Crippen molar-refractivity contribution in [2.24, 2.45) is 0 Å². The fourth-order valence-corrected chi connectivity index (χ4v) is 8.94. The fraction of sp³-hybridized carbons (Fsp3) is 0.500. The quantitative estimate of drug-likeness (QED) is 0.540. The number of aliphatic carboxylic acids is 1. The van der Waals surface area contributed by atoms with Crippen molar-refractivity contribution < 1.29 is 9.90 Å². The molecule has 2 aromatic rings. The van der Waals surface area contributed by atoms with Crippen molar-refractivity contribution in [2.45, 2.75) is 82.4 Å². The van der Waals surface area contributed by atoms with Crippen LogP contribution in [0.1, 0.15) is 71.1 Å². The Hall–Kier alpha value is -1.66. The summed E-state index contributed by atoms with van der Waals surface area (Å²) in [5, 5.41) is 9.13. The molecular weight excluding hydrogens is 375 g/mol. The summed E-state index contributed by atoms with van der Waals surface area (Å²) in [4.78, 5) is 9.00. The molecule has 2 aliphatic rings. The van der Waals surface area contributed by atoms with Crippen molar-refractivity contribution >= 4 is 19.2 Å². The lowest BCUT2D eigenvalue weighted by molar-refractivity contribution is -0.134. The maximum absolute atomic E-state index is 9.00. The predicted molar refractivity (Wildman–Crippen MR) is 125 cm³/mol. The normalized spacial score (nSPS) is 18.1. The number of carboxylic acids is 1. The summed E-state index contributed by atoms with van der Waals surface area (Å²) in [6, 6.07) is 20.5. The van der Waals surface area contributed by atoms with E-state index in [9.17, 15) is 0 Å². The third kappa shape index (κ3) is 6.41. The number of hydrogen-bond acceptors (Lipinski definition) is 1. The Morgan fingerprint density at radius 2 is 1.21 bits per heavy atom. The van der Waals surface area contributed by atoms with Gasteiger partial charge in [-0.2, -0.15) is 0 Å². The maximum atomic E-state index is 9.00. The number of rotatable bonds is 4. The molecule has 2 saturated carbocycles. The molecule has 0 bridgehead atoms. The zero-order valence-corrected chi connectivity index (χ0v) is 18.6. The Kier molecular flexibility index (Phi) is 8.74. The van der Waals surface area contributed by atoms with Crippen LogP contribution in [0.2, 0.25) is 0 Å². The van der Waals surface area contributed by atoms with E-state index in [2.05, 4.69) is 54.6 Å². The third-order valence-corrected chi connectivity index (χ3v) is 9.76. The smallest absolute Gasteiger partial charge is 0.300 e. The van der Waals surface area contributed by atoms with Gasteiger partial charge in [0.15, 0.2) is 0 Å². The van der Waals surface area contributed by atoms with Crippen molar-refractivity contribution in [1.82, 2.24) is 0 Å². The SMILES string of the molecule is CC(=O)O.c1ccc(-c2ccccc2P(C2CCCCC2)C2CCCCC2)cc1. The highest BCUT2D eigenvalue weighted by Crippen LogP contribution is 2.56. The molecule has 0 saturated heterocycles. The van der Waals surface area contributed by atoms with Gasteiger partial charge >= 0.3 is 0 Å². The van der Waals surface area contributed by atoms with Gasteiger partial charge in [-0.1, -0.05) is 101 Å². The molecule has 2 aromatic carbocycles. The van der Waals surface area contributed by atoms with Gasteiger partial charge in [0.25, 0.3) is 5.97 Å². The molecule has 4 rings (SSSR count). The second kappa shape index (κ2) is 11.5. The van der Waals surface area contributed by atoms with Gasteiger partial charge in [0.1, 0.15) is 0 Å². The van der Waals surface area contributed by atoms with Gasteiger partial charge < -0.3 is 5.11 Å². The van der Waals surface area contributed by atoms with Gasteiger partial charge in [-0.25, -0.2) is 0 Å². The van der Waals surface area contributed by atoms with Crippen LogP contribution in [0.25, 0.3) is 11.1 Å². The third-order valence-electron chi connectivity index (χ3n) is 6.20. The summed E-state index contributed by atoms with van der Waals surface area (Å²) in [5.74, 6) is -0.833. The van der Waals surface area contributed by atoms with Crippen LogP contribution in [-0.4, -0.2) is 22.4 Å². The molecule has 0 atom stereocenters. The molecule has 0 unspecified atom stereocenters. The van der Waals surface area contributed by atoms with Crippen LogP contribution in [-0.2, 0) is 4.79 Å². The first kappa shape index (κ1) is 22.0. The molecule has 29 heavy (non-hydrogen) atoms. The van der Waals surface area contributed by atoms with Crippen LogP contribution in [0.4, 0.5) is 0 Å². The van der Waals surface area contributed by atoms with Gasteiger partial charge in [0.2, 0.25) is 0 Å². The van der Waals surface area contributed by atoms with Gasteiger partial charge in [0, 0.05) is 6.92 Å². The van der Waals surface area contributed by atoms with E-state index < -0.39 is 5.97 Å². The number of benzene rings is 2.